The van der Waals surface area contributed by atoms with Crippen molar-refractivity contribution in [1.29, 1.82) is 0 Å². The number of halogens is 6. The van der Waals surface area contributed by atoms with Crippen LogP contribution in [0.1, 0.15) is 5.56 Å². The third-order valence-electron chi connectivity index (χ3n) is 4.70. The molecule has 1 aliphatic heterocycles. The van der Waals surface area contributed by atoms with Crippen LogP contribution in [0.4, 0.5) is 24.5 Å². The van der Waals surface area contributed by atoms with Crippen molar-refractivity contribution in [3.05, 3.63) is 54.1 Å². The second-order valence-electron chi connectivity index (χ2n) is 6.87. The minimum absolute atomic E-state index is 0. The minimum atomic E-state index is -4.34. The van der Waals surface area contributed by atoms with Crippen molar-refractivity contribution < 1.29 is 23.0 Å². The fourth-order valence-corrected chi connectivity index (χ4v) is 3.17. The molecule has 3 rings (SSSR count). The standard InChI is InChI=1S/C20H24F3N3O2.3ClH/c21-20(22,23)15-2-1-3-17(12-15)26-10-8-25(9-11-26)13-18(27)14-28-19-6-4-16(24)5-7-19;;;/h1-7,12,18,27H,8-11,13-14,24H2;3*1H. The predicted molar refractivity (Wildman–Crippen MR) is 124 cm³/mol. The largest absolute Gasteiger partial charge is 0.491 e. The van der Waals surface area contributed by atoms with E-state index in [2.05, 4.69) is 4.90 Å². The minimum Gasteiger partial charge on any atom is -0.491 e. The summed E-state index contributed by atoms with van der Waals surface area (Å²) in [6, 6.07) is 12.3. The Bertz CT molecular complexity index is 774. The van der Waals surface area contributed by atoms with Gasteiger partial charge in [0.05, 0.1) is 5.56 Å². The van der Waals surface area contributed by atoms with E-state index in [9.17, 15) is 18.3 Å². The number of hydrogen-bond acceptors (Lipinski definition) is 5. The zero-order valence-corrected chi connectivity index (χ0v) is 19.1. The van der Waals surface area contributed by atoms with Gasteiger partial charge in [-0.3, -0.25) is 4.90 Å². The molecule has 2 aromatic carbocycles. The Labute approximate surface area is 198 Å². The number of nitrogens with two attached hydrogens (primary N) is 1. The van der Waals surface area contributed by atoms with E-state index in [-0.39, 0.29) is 43.8 Å². The molecule has 3 N–H and O–H groups in total. The van der Waals surface area contributed by atoms with Crippen LogP contribution in [0, 0.1) is 0 Å². The Kier molecular flexibility index (Phi) is 12.4. The molecule has 31 heavy (non-hydrogen) atoms. The fourth-order valence-electron chi connectivity index (χ4n) is 3.17. The summed E-state index contributed by atoms with van der Waals surface area (Å²) in [5.74, 6) is 0.641. The van der Waals surface area contributed by atoms with Gasteiger partial charge in [-0.25, -0.2) is 0 Å². The highest BCUT2D eigenvalue weighted by molar-refractivity contribution is 5.86. The molecule has 176 valence electrons. The lowest BCUT2D eigenvalue weighted by Crippen LogP contribution is -2.49. The fraction of sp³-hybridized carbons (Fsp3) is 0.400. The Balaban J connectivity index is 0.00000300. The molecule has 0 amide bonds. The number of nitrogen functional groups attached to an aromatic ring is 1. The number of hydrogen-bond donors (Lipinski definition) is 2. The average molecular weight is 505 g/mol. The molecule has 1 unspecified atom stereocenters. The third kappa shape index (κ3) is 8.82. The first-order valence-corrected chi connectivity index (χ1v) is 9.12. The molecule has 0 aromatic heterocycles. The molecule has 1 saturated heterocycles. The van der Waals surface area contributed by atoms with Gasteiger partial charge in [-0.05, 0) is 42.5 Å². The Morgan fingerprint density at radius 3 is 2.16 bits per heavy atom. The Morgan fingerprint density at radius 1 is 0.968 bits per heavy atom. The first-order chi connectivity index (χ1) is 13.3. The molecule has 1 fully saturated rings. The molecule has 0 spiro atoms. The Morgan fingerprint density at radius 2 is 1.58 bits per heavy atom. The van der Waals surface area contributed by atoms with E-state index in [1.165, 1.54) is 12.1 Å². The summed E-state index contributed by atoms with van der Waals surface area (Å²) in [4.78, 5) is 4.02. The number of β-amino-alcohol motifs (C(OH)–C–C–N with tert-alkyl or cyclic N) is 1. The molecule has 0 aliphatic carbocycles. The first-order valence-electron chi connectivity index (χ1n) is 9.12. The van der Waals surface area contributed by atoms with Gasteiger partial charge in [0.2, 0.25) is 0 Å². The van der Waals surface area contributed by atoms with Crippen LogP contribution in [0.5, 0.6) is 5.75 Å². The first kappa shape index (κ1) is 29.4. The van der Waals surface area contributed by atoms with Crippen molar-refractivity contribution in [2.75, 3.05) is 50.0 Å². The number of rotatable bonds is 6. The molecule has 0 radical (unpaired) electrons. The molecule has 11 heteroatoms. The van der Waals surface area contributed by atoms with Crippen LogP contribution in [0.2, 0.25) is 0 Å². The summed E-state index contributed by atoms with van der Waals surface area (Å²) in [7, 11) is 0. The van der Waals surface area contributed by atoms with E-state index >= 15 is 0 Å². The van der Waals surface area contributed by atoms with Crippen LogP contribution in [0.25, 0.3) is 0 Å². The summed E-state index contributed by atoms with van der Waals surface area (Å²) in [6.45, 7) is 3.15. The molecule has 1 heterocycles. The van der Waals surface area contributed by atoms with Crippen molar-refractivity contribution in [3.63, 3.8) is 0 Å². The van der Waals surface area contributed by atoms with E-state index in [1.807, 2.05) is 4.90 Å². The van der Waals surface area contributed by atoms with Crippen LogP contribution >= 0.6 is 37.2 Å². The maximum Gasteiger partial charge on any atom is 0.416 e. The molecule has 2 aromatic rings. The number of aliphatic hydroxyl groups is 1. The Hall–Kier alpha value is -1.58. The number of aliphatic hydroxyl groups excluding tert-OH is 1. The summed E-state index contributed by atoms with van der Waals surface area (Å²) in [6.07, 6.45) is -5.00. The molecule has 0 bridgehead atoms. The lowest BCUT2D eigenvalue weighted by Gasteiger charge is -2.37. The van der Waals surface area contributed by atoms with Crippen LogP contribution in [0.3, 0.4) is 0 Å². The number of nitrogens with zero attached hydrogens (tertiary/aromatic N) is 2. The van der Waals surface area contributed by atoms with Crippen LogP contribution in [-0.4, -0.2) is 55.4 Å². The van der Waals surface area contributed by atoms with Gasteiger partial charge in [-0.1, -0.05) is 6.07 Å². The van der Waals surface area contributed by atoms with Crippen molar-refractivity contribution in [1.82, 2.24) is 4.90 Å². The smallest absolute Gasteiger partial charge is 0.416 e. The zero-order chi connectivity index (χ0) is 20.1. The van der Waals surface area contributed by atoms with Gasteiger partial charge in [0, 0.05) is 44.1 Å². The summed E-state index contributed by atoms with van der Waals surface area (Å²) >= 11 is 0. The lowest BCUT2D eigenvalue weighted by atomic mass is 10.1. The lowest BCUT2D eigenvalue weighted by molar-refractivity contribution is -0.137. The monoisotopic (exact) mass is 503 g/mol. The van der Waals surface area contributed by atoms with Crippen molar-refractivity contribution >= 4 is 48.6 Å². The number of alkyl halides is 3. The summed E-state index contributed by atoms with van der Waals surface area (Å²) in [5, 5.41) is 10.2. The number of ether oxygens (including phenoxy) is 1. The van der Waals surface area contributed by atoms with E-state index in [0.29, 0.717) is 49.8 Å². The van der Waals surface area contributed by atoms with Gasteiger partial charge >= 0.3 is 6.18 Å². The van der Waals surface area contributed by atoms with Crippen molar-refractivity contribution in [2.24, 2.45) is 0 Å². The second-order valence-corrected chi connectivity index (χ2v) is 6.87. The van der Waals surface area contributed by atoms with Gasteiger partial charge in [-0.2, -0.15) is 13.2 Å². The van der Waals surface area contributed by atoms with Crippen molar-refractivity contribution in [3.8, 4) is 5.75 Å². The maximum atomic E-state index is 12.9. The SMILES string of the molecule is Cl.Cl.Cl.Nc1ccc(OCC(O)CN2CCN(c3cccc(C(F)(F)F)c3)CC2)cc1. The van der Waals surface area contributed by atoms with E-state index < -0.39 is 17.8 Å². The van der Waals surface area contributed by atoms with Gasteiger partial charge in [0.15, 0.2) is 0 Å². The predicted octanol–water partition coefficient (Wildman–Crippen LogP) is 4.11. The molecular formula is C20H27Cl3F3N3O2. The molecule has 5 nitrogen and oxygen atoms in total. The number of anilines is 2. The zero-order valence-electron chi connectivity index (χ0n) is 16.6. The van der Waals surface area contributed by atoms with Gasteiger partial charge in [-0.15, -0.1) is 37.2 Å². The van der Waals surface area contributed by atoms with Crippen LogP contribution < -0.4 is 15.4 Å². The van der Waals surface area contributed by atoms with Crippen molar-refractivity contribution in [2.45, 2.75) is 12.3 Å². The number of benzene rings is 2. The maximum absolute atomic E-state index is 12.9. The number of piperazine rings is 1. The van der Waals surface area contributed by atoms with E-state index in [0.717, 1.165) is 6.07 Å². The van der Waals surface area contributed by atoms with E-state index in [1.54, 1.807) is 30.3 Å². The quantitative estimate of drug-likeness (QED) is 0.580. The van der Waals surface area contributed by atoms with Crippen LogP contribution in [0.15, 0.2) is 48.5 Å². The topological polar surface area (TPSA) is 62.0 Å². The third-order valence-corrected chi connectivity index (χ3v) is 4.70. The second kappa shape index (κ2) is 13.1. The van der Waals surface area contributed by atoms with Gasteiger partial charge in [0.1, 0.15) is 18.5 Å². The molecule has 0 saturated carbocycles. The van der Waals surface area contributed by atoms with Gasteiger partial charge in [0.25, 0.3) is 0 Å². The summed E-state index contributed by atoms with van der Waals surface area (Å²) in [5.41, 5.74) is 6.20. The van der Waals surface area contributed by atoms with Crippen LogP contribution in [-0.2, 0) is 6.18 Å². The highest BCUT2D eigenvalue weighted by Crippen LogP contribution is 2.31. The summed E-state index contributed by atoms with van der Waals surface area (Å²) < 4.78 is 44.2. The molecular weight excluding hydrogens is 478 g/mol. The normalized spacial score (nSPS) is 15.2. The van der Waals surface area contributed by atoms with E-state index in [4.69, 9.17) is 10.5 Å². The highest BCUT2D eigenvalue weighted by Gasteiger charge is 2.31. The average Bonchev–Trinajstić information content (AvgIpc) is 2.68. The molecule has 1 atom stereocenters. The van der Waals surface area contributed by atoms with Gasteiger partial charge < -0.3 is 20.5 Å². The highest BCUT2D eigenvalue weighted by atomic mass is 35.5. The molecule has 1 aliphatic rings.